The minimum Gasteiger partial charge on any atom is -0.480 e. The van der Waals surface area contributed by atoms with Gasteiger partial charge in [0.15, 0.2) is 28.2 Å². The summed E-state index contributed by atoms with van der Waals surface area (Å²) in [5, 5.41) is 26.0. The molecule has 7 rings (SSSR count). The van der Waals surface area contributed by atoms with E-state index in [0.717, 1.165) is 11.3 Å². The van der Waals surface area contributed by atoms with Crippen molar-refractivity contribution in [3.63, 3.8) is 0 Å². The Labute approximate surface area is 474 Å². The lowest BCUT2D eigenvalue weighted by Gasteiger charge is -2.25. The molecule has 9 N–H and O–H groups in total. The van der Waals surface area contributed by atoms with Crippen molar-refractivity contribution in [1.82, 2.24) is 55.6 Å². The summed E-state index contributed by atoms with van der Waals surface area (Å²) in [4.78, 5) is 88.0. The molecule has 7 aromatic rings. The Balaban J connectivity index is 0.734. The molecule has 4 aromatic heterocycles. The van der Waals surface area contributed by atoms with Gasteiger partial charge in [-0.2, -0.15) is 15.1 Å². The van der Waals surface area contributed by atoms with E-state index in [1.54, 1.807) is 68.6 Å². The number of hydrogen-bond donors (Lipinski definition) is 7. The van der Waals surface area contributed by atoms with Crippen LogP contribution in [0.1, 0.15) is 79.6 Å². The number of benzene rings is 3. The molecule has 0 fully saturated rings. The first-order valence-electron chi connectivity index (χ1n) is 25.3. The number of carbonyl (C=O) groups is 4. The summed E-state index contributed by atoms with van der Waals surface area (Å²) in [7, 11) is 1.82. The molecule has 0 saturated heterocycles. The predicted molar refractivity (Wildman–Crippen MR) is 302 cm³/mol. The van der Waals surface area contributed by atoms with Gasteiger partial charge in [0.2, 0.25) is 11.9 Å². The molecule has 1 atom stereocenters. The van der Waals surface area contributed by atoms with E-state index >= 15 is 0 Å². The molecule has 424 valence electrons. The Morgan fingerprint density at radius 1 is 0.838 bits per heavy atom. The molecule has 4 heterocycles. The number of aromatic nitrogens is 8. The van der Waals surface area contributed by atoms with Crippen molar-refractivity contribution in [3.05, 3.63) is 121 Å². The number of nitrogens with zero attached hydrogens (tertiary/aromatic N) is 8. The predicted octanol–water partition coefficient (Wildman–Crippen LogP) is 5.42. The molecule has 0 aliphatic carbocycles. The number of H-pyrrole nitrogens is 1. The number of rotatable bonds is 28. The van der Waals surface area contributed by atoms with Gasteiger partial charge in [0.1, 0.15) is 23.0 Å². The summed E-state index contributed by atoms with van der Waals surface area (Å²) in [6, 6.07) is 15.3. The van der Waals surface area contributed by atoms with Crippen LogP contribution in [-0.4, -0.2) is 140 Å². The molecule has 24 nitrogen and oxygen atoms in total. The maximum absolute atomic E-state index is 14.1. The second-order valence-electron chi connectivity index (χ2n) is 19.1. The number of carboxylic acid groups (broad SMARTS) is 1. The number of anilines is 3. The molecule has 0 radical (unpaired) electrons. The summed E-state index contributed by atoms with van der Waals surface area (Å²) in [5.74, 6) is -1.78. The van der Waals surface area contributed by atoms with Gasteiger partial charge in [0.25, 0.3) is 17.4 Å². The largest absolute Gasteiger partial charge is 0.480 e. The van der Waals surface area contributed by atoms with Crippen LogP contribution in [0, 0.1) is 0 Å². The fourth-order valence-corrected chi connectivity index (χ4v) is 9.12. The Bertz CT molecular complexity index is 3380. The Morgan fingerprint density at radius 3 is 2.11 bits per heavy atom. The summed E-state index contributed by atoms with van der Waals surface area (Å²) in [6.07, 6.45) is 1.48. The van der Waals surface area contributed by atoms with E-state index in [9.17, 15) is 29.1 Å². The van der Waals surface area contributed by atoms with Gasteiger partial charge >= 0.3 is 5.97 Å². The third-order valence-electron chi connectivity index (χ3n) is 12.3. The van der Waals surface area contributed by atoms with Crippen LogP contribution in [0.3, 0.4) is 0 Å². The van der Waals surface area contributed by atoms with E-state index in [0.29, 0.717) is 45.4 Å². The highest BCUT2D eigenvalue weighted by molar-refractivity contribution is 6.40. The first kappa shape index (κ1) is 59.9. The van der Waals surface area contributed by atoms with E-state index in [-0.39, 0.29) is 134 Å². The third kappa shape index (κ3) is 15.8. The molecule has 0 aliphatic rings. The quantitative estimate of drug-likeness (QED) is 0.0301. The summed E-state index contributed by atoms with van der Waals surface area (Å²) in [5.41, 5.74) is 14.1. The monoisotopic (exact) mass is 1160 g/mol. The summed E-state index contributed by atoms with van der Waals surface area (Å²) < 4.78 is 24.1. The molecule has 0 spiro atoms. The molecule has 1 unspecified atom stereocenters. The van der Waals surface area contributed by atoms with Crippen LogP contribution in [0.15, 0.2) is 71.7 Å². The van der Waals surface area contributed by atoms with Crippen LogP contribution in [0.5, 0.6) is 5.75 Å². The maximum atomic E-state index is 14.1. The molecule has 3 aromatic carbocycles. The van der Waals surface area contributed by atoms with Crippen LogP contribution in [-0.2, 0) is 41.6 Å². The number of ether oxygens (including phenoxy) is 4. The number of nitrogen functional groups attached to an aromatic ring is 2. The highest BCUT2D eigenvalue weighted by Crippen LogP contribution is 2.34. The van der Waals surface area contributed by atoms with Gasteiger partial charge in [0.05, 0.1) is 79.5 Å². The van der Waals surface area contributed by atoms with Gasteiger partial charge in [-0.25, -0.2) is 19.7 Å². The van der Waals surface area contributed by atoms with Crippen molar-refractivity contribution in [1.29, 1.82) is 0 Å². The topological polar surface area (TPSA) is 332 Å². The lowest BCUT2D eigenvalue weighted by atomic mass is 10.1. The number of nitrogens with one attached hydrogen (secondary N) is 4. The van der Waals surface area contributed by atoms with Crippen molar-refractivity contribution in [3.8, 4) is 11.4 Å². The van der Waals surface area contributed by atoms with Crippen LogP contribution >= 0.6 is 34.8 Å². The fourth-order valence-electron chi connectivity index (χ4n) is 8.13. The number of halogens is 3. The molecule has 27 heteroatoms. The van der Waals surface area contributed by atoms with Crippen molar-refractivity contribution in [2.75, 3.05) is 76.1 Å². The maximum Gasteiger partial charge on any atom is 0.326 e. The highest BCUT2D eigenvalue weighted by Gasteiger charge is 2.30. The van der Waals surface area contributed by atoms with Gasteiger partial charge in [-0.15, -0.1) is 0 Å². The third-order valence-corrected chi connectivity index (χ3v) is 13.0. The van der Waals surface area contributed by atoms with Crippen LogP contribution < -0.4 is 42.6 Å². The molecule has 80 heavy (non-hydrogen) atoms. The van der Waals surface area contributed by atoms with Crippen LogP contribution in [0.4, 0.5) is 17.5 Å². The number of fused-ring (bicyclic) bond motifs is 2. The summed E-state index contributed by atoms with van der Waals surface area (Å²) >= 11 is 19.5. The molecular formula is C53H61Cl3N14O10. The number of carboxylic acids is 1. The Kier molecular flexibility index (Phi) is 20.5. The average molecular weight is 1160 g/mol. The second kappa shape index (κ2) is 27.4. The van der Waals surface area contributed by atoms with Crippen molar-refractivity contribution in [2.24, 2.45) is 0 Å². The zero-order valence-corrected chi connectivity index (χ0v) is 46.7. The SMILES string of the molecule is CC(C)c1[nH]nc2nc(Cc3ccc(OC(C)(C)C(=O)NCCOCCOCCOCCNC(=O)CCC(NC(=O)c4ccc(N(C)Cc5cnc6nc(N)nc(N)c6n5)cc4)C(=O)O)cc3)n(-c3c(Cl)cc(Cl)cc3Cl)c(=O)c12. The van der Waals surface area contributed by atoms with Crippen LogP contribution in [0.25, 0.3) is 27.9 Å². The zero-order valence-electron chi connectivity index (χ0n) is 44.5. The molecule has 0 aliphatic heterocycles. The van der Waals surface area contributed by atoms with Gasteiger partial charge in [0, 0.05) is 49.3 Å². The van der Waals surface area contributed by atoms with Gasteiger partial charge < -0.3 is 56.4 Å². The minimum atomic E-state index is -1.30. The van der Waals surface area contributed by atoms with E-state index in [1.165, 1.54) is 16.7 Å². The summed E-state index contributed by atoms with van der Waals surface area (Å²) in [6.45, 7) is 9.44. The van der Waals surface area contributed by atoms with Crippen molar-refractivity contribution < 1.29 is 43.2 Å². The first-order chi connectivity index (χ1) is 38.2. The number of amides is 3. The number of carbonyl (C=O) groups excluding carboxylic acids is 3. The van der Waals surface area contributed by atoms with Gasteiger partial charge in [-0.3, -0.25) is 28.8 Å². The van der Waals surface area contributed by atoms with Crippen LogP contribution in [0.2, 0.25) is 15.1 Å². The number of aromatic amines is 1. The number of hydrogen-bond acceptors (Lipinski definition) is 18. The zero-order chi connectivity index (χ0) is 57.7. The van der Waals surface area contributed by atoms with E-state index < -0.39 is 29.4 Å². The molecule has 0 saturated carbocycles. The standard InChI is InChI=1S/C53H61Cl3N14O10/c1-29(2)42-41-46(68-67-42)64-39(70(49(41)73)44-36(55)25-32(54)26-37(44)56)24-30-6-12-35(13-7-30)80-53(3,4)51(76)60-17-19-78-21-23-79-22-20-77-18-16-59-40(71)15-14-38(50(74)75)63-48(72)31-8-10-34(11-9-31)69(5)28-33-27-61-47-43(62-33)45(57)65-52(58)66-47/h6-13,25-27,29,38H,14-24,28H2,1-5H3,(H,59,71)(H,60,76)(H,63,72)(H,67,68)(H,74,75)(H4,57,58,61,65,66). The lowest BCUT2D eigenvalue weighted by molar-refractivity contribution is -0.139. The number of aliphatic carboxylic acids is 1. The van der Waals surface area contributed by atoms with Crippen molar-refractivity contribution in [2.45, 2.75) is 71.1 Å². The normalized spacial score (nSPS) is 12.0. The molecular weight excluding hydrogens is 1100 g/mol. The minimum absolute atomic E-state index is 0.000991. The van der Waals surface area contributed by atoms with E-state index in [1.807, 2.05) is 25.8 Å². The van der Waals surface area contributed by atoms with E-state index in [2.05, 4.69) is 46.1 Å². The Hall–Kier alpha value is -7.74. The fraction of sp³-hybridized carbons (Fsp3) is 0.377. The number of nitrogens with two attached hydrogens (primary N) is 2. The van der Waals surface area contributed by atoms with E-state index in [4.69, 9.17) is 70.2 Å². The first-order valence-corrected chi connectivity index (χ1v) is 26.4. The molecule has 0 bridgehead atoms. The lowest BCUT2D eigenvalue weighted by Crippen LogP contribution is -2.47. The second-order valence-corrected chi connectivity index (χ2v) is 20.3. The van der Waals surface area contributed by atoms with Gasteiger partial charge in [-0.05, 0) is 80.3 Å². The highest BCUT2D eigenvalue weighted by atomic mass is 35.5. The smallest absolute Gasteiger partial charge is 0.326 e. The average Bonchev–Trinajstić information content (AvgIpc) is 3.85. The Morgan fingerprint density at radius 2 is 1.48 bits per heavy atom. The van der Waals surface area contributed by atoms with Crippen molar-refractivity contribution >= 4 is 98.1 Å². The van der Waals surface area contributed by atoms with Gasteiger partial charge in [-0.1, -0.05) is 60.8 Å². The molecule has 3 amide bonds.